The summed E-state index contributed by atoms with van der Waals surface area (Å²) in [6.07, 6.45) is 41.7. The summed E-state index contributed by atoms with van der Waals surface area (Å²) >= 11 is 0. The van der Waals surface area contributed by atoms with Crippen LogP contribution in [0.4, 0.5) is 0 Å². The molecular weight excluding hydrogens is 588 g/mol. The highest BCUT2D eigenvalue weighted by atomic mass is 16.4. The summed E-state index contributed by atoms with van der Waals surface area (Å²) in [6.45, 7) is 12.6. The number of rotatable bonds is 21. The first-order valence-corrected chi connectivity index (χ1v) is 21.0. The van der Waals surface area contributed by atoms with E-state index in [1.165, 1.54) is 134 Å². The number of aliphatic hydroxyl groups is 1. The molecule has 4 aliphatic carbocycles. The Labute approximate surface area is 296 Å². The lowest BCUT2D eigenvalue weighted by Crippen LogP contribution is -2.58. The minimum absolute atomic E-state index is 0.124. The second-order valence-electron chi connectivity index (χ2n) is 18.0. The van der Waals surface area contributed by atoms with Crippen LogP contribution in [-0.2, 0) is 4.79 Å². The number of hydrogen-bond acceptors (Lipinski definition) is 2. The molecule has 0 aromatic rings. The normalized spacial score (nSPS) is 33.9. The maximum absolute atomic E-state index is 10.7. The first kappa shape index (κ1) is 39.4. The maximum atomic E-state index is 10.7. The molecular formula is C45H76O3. The van der Waals surface area contributed by atoms with Gasteiger partial charge in [-0.05, 0) is 123 Å². The van der Waals surface area contributed by atoms with Gasteiger partial charge in [0, 0.05) is 6.08 Å². The predicted molar refractivity (Wildman–Crippen MR) is 204 cm³/mol. The molecule has 3 saturated carbocycles. The summed E-state index contributed by atoms with van der Waals surface area (Å²) in [4.78, 5) is 10.5. The molecule has 3 fully saturated rings. The fraction of sp³-hybridized carbons (Fsp3) is 0.844. The van der Waals surface area contributed by atoms with Crippen molar-refractivity contribution in [1.29, 1.82) is 0 Å². The molecule has 8 atom stereocenters. The largest absolute Gasteiger partial charge is 0.478 e. The Bertz CT molecular complexity index is 1070. The standard InChI is InChI=1S/C45H76O3/c1-35(2)22-21-23-36(3)39-27-28-40-41-26-25-37-34-38(46)29-31-44(37,5)45(41,33-32-43(39,40)4)30-20-18-16-14-12-10-8-6-7-9-11-13-15-17-19-24-42(47)48/h19,21,23-25,35-36,38-41,46H,6-18,20,22,26-34H2,1-5H3,(H,47,48)/t36-,38?,39-,40+,41+,43-,44+,45?/m1/s1. The number of unbranched alkanes of at least 4 members (excludes halogenated alkanes) is 13. The summed E-state index contributed by atoms with van der Waals surface area (Å²) in [7, 11) is 0. The third kappa shape index (κ3) is 9.70. The molecule has 3 heteroatoms. The highest BCUT2D eigenvalue weighted by Gasteiger charge is 2.65. The van der Waals surface area contributed by atoms with E-state index in [1.807, 2.05) is 0 Å². The van der Waals surface area contributed by atoms with Crippen LogP contribution in [0.15, 0.2) is 36.0 Å². The fourth-order valence-electron chi connectivity index (χ4n) is 11.8. The Hall–Kier alpha value is -1.35. The third-order valence-corrected chi connectivity index (χ3v) is 14.6. The molecule has 0 heterocycles. The molecule has 0 radical (unpaired) electrons. The molecule has 0 aromatic heterocycles. The van der Waals surface area contributed by atoms with E-state index in [0.29, 0.717) is 16.7 Å². The van der Waals surface area contributed by atoms with E-state index in [1.54, 1.807) is 11.6 Å². The van der Waals surface area contributed by atoms with Gasteiger partial charge in [-0.25, -0.2) is 4.79 Å². The summed E-state index contributed by atoms with van der Waals surface area (Å²) < 4.78 is 0. The maximum Gasteiger partial charge on any atom is 0.327 e. The zero-order valence-corrected chi connectivity index (χ0v) is 32.1. The molecule has 2 N–H and O–H groups in total. The van der Waals surface area contributed by atoms with E-state index in [2.05, 4.69) is 52.8 Å². The van der Waals surface area contributed by atoms with Gasteiger partial charge in [0.05, 0.1) is 6.10 Å². The quantitative estimate of drug-likeness (QED) is 0.0729. The van der Waals surface area contributed by atoms with Crippen molar-refractivity contribution in [2.45, 2.75) is 195 Å². The average Bonchev–Trinajstić information content (AvgIpc) is 3.40. The first-order chi connectivity index (χ1) is 23.0. The zero-order chi connectivity index (χ0) is 34.6. The highest BCUT2D eigenvalue weighted by Crippen LogP contribution is 2.73. The Morgan fingerprint density at radius 2 is 1.44 bits per heavy atom. The SMILES string of the molecule is CC(C)CC=C[C@@H](C)[C@H]1CC[C@H]2[C@@H]3CC=C4CC(O)CC[C@]4(C)C3(CCCCCCCCCCCCCCCC=CC(=O)O)CC[C@]12C. The fourth-order valence-corrected chi connectivity index (χ4v) is 11.8. The molecule has 4 aliphatic rings. The van der Waals surface area contributed by atoms with Gasteiger partial charge < -0.3 is 10.2 Å². The summed E-state index contributed by atoms with van der Waals surface area (Å²) in [5.74, 6) is 3.11. The molecule has 2 unspecified atom stereocenters. The lowest BCUT2D eigenvalue weighted by atomic mass is 9.39. The van der Waals surface area contributed by atoms with Crippen LogP contribution in [0.25, 0.3) is 0 Å². The van der Waals surface area contributed by atoms with Gasteiger partial charge in [-0.2, -0.15) is 0 Å². The molecule has 0 spiro atoms. The third-order valence-electron chi connectivity index (χ3n) is 14.6. The second kappa shape index (κ2) is 18.8. The summed E-state index contributed by atoms with van der Waals surface area (Å²) in [5.41, 5.74) is 2.83. The van der Waals surface area contributed by atoms with Crippen LogP contribution in [-0.4, -0.2) is 22.3 Å². The molecule has 274 valence electrons. The Kier molecular flexibility index (Phi) is 15.4. The van der Waals surface area contributed by atoms with Gasteiger partial charge in [0.1, 0.15) is 0 Å². The van der Waals surface area contributed by atoms with Crippen molar-refractivity contribution < 1.29 is 15.0 Å². The van der Waals surface area contributed by atoms with Gasteiger partial charge in [0.25, 0.3) is 0 Å². The van der Waals surface area contributed by atoms with Gasteiger partial charge in [-0.1, -0.05) is 142 Å². The number of fused-ring (bicyclic) bond motifs is 5. The average molecular weight is 665 g/mol. The zero-order valence-electron chi connectivity index (χ0n) is 32.1. The van der Waals surface area contributed by atoms with Crippen molar-refractivity contribution in [3.05, 3.63) is 36.0 Å². The van der Waals surface area contributed by atoms with Crippen molar-refractivity contribution in [1.82, 2.24) is 0 Å². The lowest BCUT2D eigenvalue weighted by molar-refractivity contribution is -0.133. The minimum Gasteiger partial charge on any atom is -0.478 e. The Balaban J connectivity index is 1.23. The topological polar surface area (TPSA) is 57.5 Å². The van der Waals surface area contributed by atoms with E-state index < -0.39 is 5.97 Å². The van der Waals surface area contributed by atoms with Gasteiger partial charge in [0.2, 0.25) is 0 Å². The van der Waals surface area contributed by atoms with Gasteiger partial charge in [-0.15, -0.1) is 0 Å². The van der Waals surface area contributed by atoms with Crippen LogP contribution in [0.5, 0.6) is 0 Å². The molecule has 4 rings (SSSR count). The van der Waals surface area contributed by atoms with Crippen LogP contribution >= 0.6 is 0 Å². The number of carboxylic acid groups (broad SMARTS) is 1. The summed E-state index contributed by atoms with van der Waals surface area (Å²) in [6, 6.07) is 0. The monoisotopic (exact) mass is 665 g/mol. The van der Waals surface area contributed by atoms with Crippen molar-refractivity contribution in [3.8, 4) is 0 Å². The molecule has 0 aliphatic heterocycles. The van der Waals surface area contributed by atoms with Crippen LogP contribution in [0.1, 0.15) is 189 Å². The van der Waals surface area contributed by atoms with Gasteiger partial charge in [-0.3, -0.25) is 0 Å². The predicted octanol–water partition coefficient (Wildman–Crippen LogP) is 13.0. The number of hydrogen-bond donors (Lipinski definition) is 2. The molecule has 48 heavy (non-hydrogen) atoms. The number of aliphatic hydroxyl groups excluding tert-OH is 1. The van der Waals surface area contributed by atoms with Crippen molar-refractivity contribution >= 4 is 5.97 Å². The Morgan fingerprint density at radius 3 is 2.06 bits per heavy atom. The molecule has 0 saturated heterocycles. The number of carbonyl (C=O) groups is 1. The molecule has 0 aromatic carbocycles. The van der Waals surface area contributed by atoms with Crippen molar-refractivity contribution in [2.24, 2.45) is 45.8 Å². The minimum atomic E-state index is -0.834. The number of aliphatic carboxylic acids is 1. The van der Waals surface area contributed by atoms with Crippen molar-refractivity contribution in [3.63, 3.8) is 0 Å². The summed E-state index contributed by atoms with van der Waals surface area (Å²) in [5, 5.41) is 19.4. The molecule has 0 bridgehead atoms. The second-order valence-corrected chi connectivity index (χ2v) is 18.0. The first-order valence-electron chi connectivity index (χ1n) is 21.0. The highest BCUT2D eigenvalue weighted by molar-refractivity contribution is 5.79. The van der Waals surface area contributed by atoms with Crippen LogP contribution in [0.3, 0.4) is 0 Å². The van der Waals surface area contributed by atoms with Crippen LogP contribution in [0, 0.1) is 45.8 Å². The van der Waals surface area contributed by atoms with Crippen LogP contribution in [0.2, 0.25) is 0 Å². The smallest absolute Gasteiger partial charge is 0.327 e. The Morgan fingerprint density at radius 1 is 0.812 bits per heavy atom. The van der Waals surface area contributed by atoms with E-state index >= 15 is 0 Å². The van der Waals surface area contributed by atoms with Crippen molar-refractivity contribution in [2.75, 3.05) is 0 Å². The van der Waals surface area contributed by atoms with Crippen LogP contribution < -0.4 is 0 Å². The van der Waals surface area contributed by atoms with E-state index in [0.717, 1.165) is 49.4 Å². The molecule has 3 nitrogen and oxygen atoms in total. The van der Waals surface area contributed by atoms with E-state index in [4.69, 9.17) is 5.11 Å². The lowest BCUT2D eigenvalue weighted by Gasteiger charge is -2.66. The number of allylic oxidation sites excluding steroid dienone is 4. The van der Waals surface area contributed by atoms with Gasteiger partial charge in [0.15, 0.2) is 0 Å². The van der Waals surface area contributed by atoms with E-state index in [9.17, 15) is 9.90 Å². The molecule has 0 amide bonds. The number of carboxylic acids is 1. The van der Waals surface area contributed by atoms with E-state index in [-0.39, 0.29) is 11.5 Å². The van der Waals surface area contributed by atoms with Gasteiger partial charge >= 0.3 is 5.97 Å².